The fourth-order valence-corrected chi connectivity index (χ4v) is 3.86. The summed E-state index contributed by atoms with van der Waals surface area (Å²) in [5.41, 5.74) is 2.63. The lowest BCUT2D eigenvalue weighted by Crippen LogP contribution is -2.37. The highest BCUT2D eigenvalue weighted by atomic mass is 19.1. The molecular formula is C22H22FN5O3. The lowest BCUT2D eigenvalue weighted by molar-refractivity contribution is 0.0972. The first-order valence-electron chi connectivity index (χ1n) is 9.74. The molecule has 0 amide bonds. The lowest BCUT2D eigenvalue weighted by atomic mass is 10.1. The van der Waals surface area contributed by atoms with Crippen LogP contribution in [0.25, 0.3) is 11.2 Å². The highest BCUT2D eigenvalue weighted by Crippen LogP contribution is 2.19. The van der Waals surface area contributed by atoms with Crippen molar-refractivity contribution in [2.45, 2.75) is 26.9 Å². The molecule has 4 rings (SSSR count). The Balaban J connectivity index is 1.68. The van der Waals surface area contributed by atoms with Crippen LogP contribution in [0, 0.1) is 19.7 Å². The summed E-state index contributed by atoms with van der Waals surface area (Å²) in [5, 5.41) is 0. The Morgan fingerprint density at radius 1 is 1.06 bits per heavy atom. The fourth-order valence-electron chi connectivity index (χ4n) is 3.86. The molecule has 4 aromatic rings. The average Bonchev–Trinajstić information content (AvgIpc) is 3.28. The van der Waals surface area contributed by atoms with Gasteiger partial charge in [0.05, 0.1) is 12.9 Å². The number of aromatic nitrogens is 5. The molecule has 160 valence electrons. The Morgan fingerprint density at radius 2 is 1.74 bits per heavy atom. The fraction of sp³-hybridized carbons (Fsp3) is 0.273. The summed E-state index contributed by atoms with van der Waals surface area (Å²) in [6, 6.07) is 8.07. The minimum absolute atomic E-state index is 0.0786. The standard InChI is InChI=1S/C22H22FN5O3/c1-13-9-17(14(2)28(13)10-15-5-7-16(23)8-6-15)18(29)11-27-12-24-20-19(27)21(30)26(4)22(31)25(20)3/h5-9,12H,10-11H2,1-4H3. The Labute approximate surface area is 176 Å². The van der Waals surface area contributed by atoms with Gasteiger partial charge in [-0.2, -0.15) is 0 Å². The molecule has 8 nitrogen and oxygen atoms in total. The summed E-state index contributed by atoms with van der Waals surface area (Å²) in [5.74, 6) is -0.467. The van der Waals surface area contributed by atoms with Gasteiger partial charge in [-0.3, -0.25) is 18.7 Å². The molecule has 0 aliphatic heterocycles. The maximum Gasteiger partial charge on any atom is 0.332 e. The topological polar surface area (TPSA) is 83.8 Å². The molecule has 0 aliphatic carbocycles. The van der Waals surface area contributed by atoms with E-state index in [0.717, 1.165) is 21.5 Å². The maximum absolute atomic E-state index is 13.2. The van der Waals surface area contributed by atoms with Crippen LogP contribution in [-0.4, -0.2) is 29.0 Å². The number of carbonyl (C=O) groups is 1. The Hall–Kier alpha value is -3.75. The first-order valence-corrected chi connectivity index (χ1v) is 9.74. The monoisotopic (exact) mass is 423 g/mol. The molecule has 0 bridgehead atoms. The third kappa shape index (κ3) is 3.41. The summed E-state index contributed by atoms with van der Waals surface area (Å²) in [4.78, 5) is 42.0. The van der Waals surface area contributed by atoms with Crippen molar-refractivity contribution in [2.75, 3.05) is 0 Å². The number of hydrogen-bond acceptors (Lipinski definition) is 4. The molecule has 0 unspecified atom stereocenters. The van der Waals surface area contributed by atoms with Crippen molar-refractivity contribution in [1.82, 2.24) is 23.3 Å². The molecule has 0 saturated carbocycles. The summed E-state index contributed by atoms with van der Waals surface area (Å²) in [6.07, 6.45) is 1.40. The van der Waals surface area contributed by atoms with E-state index in [2.05, 4.69) is 4.98 Å². The molecule has 31 heavy (non-hydrogen) atoms. The van der Waals surface area contributed by atoms with Gasteiger partial charge in [0.2, 0.25) is 0 Å². The van der Waals surface area contributed by atoms with E-state index in [0.29, 0.717) is 12.1 Å². The molecule has 0 fully saturated rings. The van der Waals surface area contributed by atoms with Gasteiger partial charge in [0, 0.05) is 37.6 Å². The van der Waals surface area contributed by atoms with Gasteiger partial charge in [-0.25, -0.2) is 14.2 Å². The van der Waals surface area contributed by atoms with Crippen LogP contribution in [-0.2, 0) is 27.2 Å². The summed E-state index contributed by atoms with van der Waals surface area (Å²) in [7, 11) is 2.93. The van der Waals surface area contributed by atoms with E-state index in [1.165, 1.54) is 41.7 Å². The third-order valence-corrected chi connectivity index (χ3v) is 5.66. The zero-order chi connectivity index (χ0) is 22.4. The molecule has 0 radical (unpaired) electrons. The van der Waals surface area contributed by atoms with Gasteiger partial charge in [-0.15, -0.1) is 0 Å². The number of Topliss-reactive ketones (excluding diaryl/α,β-unsaturated/α-hetero) is 1. The van der Waals surface area contributed by atoms with Crippen LogP contribution in [0.5, 0.6) is 0 Å². The van der Waals surface area contributed by atoms with Crippen molar-refractivity contribution >= 4 is 16.9 Å². The number of hydrogen-bond donors (Lipinski definition) is 0. The third-order valence-electron chi connectivity index (χ3n) is 5.66. The van der Waals surface area contributed by atoms with Crippen LogP contribution in [0.4, 0.5) is 4.39 Å². The normalized spacial score (nSPS) is 11.4. The molecule has 0 atom stereocenters. The van der Waals surface area contributed by atoms with Gasteiger partial charge in [-0.1, -0.05) is 12.1 Å². The van der Waals surface area contributed by atoms with Crippen LogP contribution < -0.4 is 11.2 Å². The van der Waals surface area contributed by atoms with Crippen LogP contribution in [0.15, 0.2) is 46.2 Å². The maximum atomic E-state index is 13.2. The van der Waals surface area contributed by atoms with E-state index in [1.54, 1.807) is 12.1 Å². The van der Waals surface area contributed by atoms with E-state index in [4.69, 9.17) is 0 Å². The minimum Gasteiger partial charge on any atom is -0.344 e. The van der Waals surface area contributed by atoms with Gasteiger partial charge in [0.25, 0.3) is 5.56 Å². The Kier molecular flexibility index (Phi) is 4.96. The second kappa shape index (κ2) is 7.50. The van der Waals surface area contributed by atoms with Crippen LogP contribution in [0.3, 0.4) is 0 Å². The second-order valence-electron chi connectivity index (χ2n) is 7.67. The molecular weight excluding hydrogens is 401 g/mol. The first-order chi connectivity index (χ1) is 14.7. The zero-order valence-corrected chi connectivity index (χ0v) is 17.7. The lowest BCUT2D eigenvalue weighted by Gasteiger charge is -2.10. The summed E-state index contributed by atoms with van der Waals surface area (Å²) in [6.45, 7) is 4.20. The summed E-state index contributed by atoms with van der Waals surface area (Å²) < 4.78 is 18.9. The molecule has 0 aliphatic rings. The van der Waals surface area contributed by atoms with Crippen molar-refractivity contribution in [3.05, 3.63) is 85.8 Å². The number of benzene rings is 1. The largest absolute Gasteiger partial charge is 0.344 e. The quantitative estimate of drug-likeness (QED) is 0.459. The molecule has 0 spiro atoms. The van der Waals surface area contributed by atoms with Gasteiger partial charge < -0.3 is 9.13 Å². The Morgan fingerprint density at radius 3 is 2.42 bits per heavy atom. The first kappa shape index (κ1) is 20.5. The SMILES string of the molecule is Cc1cc(C(=O)Cn2cnc3c2c(=O)n(C)c(=O)n3C)c(C)n1Cc1ccc(F)cc1. The van der Waals surface area contributed by atoms with E-state index in [9.17, 15) is 18.8 Å². The van der Waals surface area contributed by atoms with Crippen molar-refractivity contribution in [3.63, 3.8) is 0 Å². The predicted molar refractivity (Wildman–Crippen MR) is 114 cm³/mol. The van der Waals surface area contributed by atoms with Crippen molar-refractivity contribution in [1.29, 1.82) is 0 Å². The number of halogens is 1. The van der Waals surface area contributed by atoms with Crippen LogP contribution in [0.2, 0.25) is 0 Å². The molecule has 0 saturated heterocycles. The van der Waals surface area contributed by atoms with Gasteiger partial charge in [0.15, 0.2) is 16.9 Å². The van der Waals surface area contributed by atoms with E-state index in [1.807, 2.05) is 24.5 Å². The number of fused-ring (bicyclic) bond motifs is 1. The molecule has 9 heteroatoms. The van der Waals surface area contributed by atoms with E-state index in [-0.39, 0.29) is 29.3 Å². The van der Waals surface area contributed by atoms with E-state index < -0.39 is 11.2 Å². The highest BCUT2D eigenvalue weighted by molar-refractivity contribution is 5.98. The Bertz CT molecular complexity index is 1440. The van der Waals surface area contributed by atoms with Gasteiger partial charge in [0.1, 0.15) is 5.82 Å². The van der Waals surface area contributed by atoms with Gasteiger partial charge in [-0.05, 0) is 37.6 Å². The van der Waals surface area contributed by atoms with Gasteiger partial charge >= 0.3 is 5.69 Å². The number of aryl methyl sites for hydroxylation is 2. The predicted octanol–water partition coefficient (Wildman–Crippen LogP) is 1.92. The minimum atomic E-state index is -0.495. The molecule has 3 heterocycles. The van der Waals surface area contributed by atoms with E-state index >= 15 is 0 Å². The van der Waals surface area contributed by atoms with Crippen molar-refractivity contribution < 1.29 is 9.18 Å². The average molecular weight is 423 g/mol. The van der Waals surface area contributed by atoms with Crippen molar-refractivity contribution in [2.24, 2.45) is 14.1 Å². The van der Waals surface area contributed by atoms with Crippen LogP contribution >= 0.6 is 0 Å². The highest BCUT2D eigenvalue weighted by Gasteiger charge is 2.20. The zero-order valence-electron chi connectivity index (χ0n) is 17.7. The molecule has 0 N–H and O–H groups in total. The van der Waals surface area contributed by atoms with Crippen molar-refractivity contribution in [3.8, 4) is 0 Å². The number of nitrogens with zero attached hydrogens (tertiary/aromatic N) is 5. The summed E-state index contributed by atoms with van der Waals surface area (Å²) >= 11 is 0. The smallest absolute Gasteiger partial charge is 0.332 e. The number of ketones is 1. The molecule has 3 aromatic heterocycles. The second-order valence-corrected chi connectivity index (χ2v) is 7.67. The molecule has 1 aromatic carbocycles. The number of rotatable bonds is 5. The number of imidazole rings is 1. The number of carbonyl (C=O) groups excluding carboxylic acids is 1. The van der Waals surface area contributed by atoms with Crippen LogP contribution in [0.1, 0.15) is 27.3 Å².